The molecule has 5 nitrogen and oxygen atoms in total. The van der Waals surface area contributed by atoms with E-state index in [4.69, 9.17) is 5.73 Å². The van der Waals surface area contributed by atoms with Crippen LogP contribution in [0.5, 0.6) is 0 Å². The lowest BCUT2D eigenvalue weighted by Gasteiger charge is -2.08. The van der Waals surface area contributed by atoms with Crippen LogP contribution in [-0.2, 0) is 9.59 Å². The fourth-order valence-electron chi connectivity index (χ4n) is 0.300. The number of carbonyl (C=O) groups is 2. The van der Waals surface area contributed by atoms with E-state index in [9.17, 15) is 14.7 Å². The summed E-state index contributed by atoms with van der Waals surface area (Å²) in [6.07, 6.45) is -0.373. The number of carbonyl (C=O) groups excluding carboxylic acids is 2. The number of carboxylic acids is 1. The molecule has 0 aliphatic heterocycles. The van der Waals surface area contributed by atoms with E-state index in [0.29, 0.717) is 0 Å². The van der Waals surface area contributed by atoms with E-state index < -0.39 is 17.9 Å². The van der Waals surface area contributed by atoms with E-state index in [1.807, 2.05) is 0 Å². The third kappa shape index (κ3) is 3.48. The molecule has 0 spiro atoms. The fraction of sp³-hybridized carbons (Fsp3) is 0.500. The molecule has 0 heterocycles. The maximum atomic E-state index is 9.97. The summed E-state index contributed by atoms with van der Waals surface area (Å²) in [6, 6.07) is -1.28. The molecule has 0 rings (SSSR count). The average molecular weight is 131 g/mol. The van der Waals surface area contributed by atoms with Crippen molar-refractivity contribution >= 4 is 11.9 Å². The van der Waals surface area contributed by atoms with Gasteiger partial charge in [0.15, 0.2) is 0 Å². The van der Waals surface area contributed by atoms with Gasteiger partial charge < -0.3 is 21.4 Å². The van der Waals surface area contributed by atoms with Crippen LogP contribution in [0.25, 0.3) is 0 Å². The second-order valence-corrected chi connectivity index (χ2v) is 1.60. The van der Waals surface area contributed by atoms with Gasteiger partial charge in [0.1, 0.15) is 0 Å². The lowest BCUT2D eigenvalue weighted by Crippen LogP contribution is -2.44. The third-order valence-electron chi connectivity index (χ3n) is 0.724. The number of rotatable bonds is 3. The van der Waals surface area contributed by atoms with Crippen LogP contribution in [-0.4, -0.2) is 17.9 Å². The molecule has 4 N–H and O–H groups in total. The first-order chi connectivity index (χ1) is 4.04. The Bertz CT molecular complexity index is 134. The molecule has 0 aromatic rings. The van der Waals surface area contributed by atoms with Crippen LogP contribution >= 0.6 is 0 Å². The van der Waals surface area contributed by atoms with Crippen LogP contribution in [0.15, 0.2) is 0 Å². The number of hydrogen-bond acceptors (Lipinski definition) is 4. The highest BCUT2D eigenvalue weighted by molar-refractivity contribution is 5.82. The van der Waals surface area contributed by atoms with Crippen molar-refractivity contribution in [2.45, 2.75) is 12.5 Å². The first kappa shape index (κ1) is 7.90. The summed E-state index contributed by atoms with van der Waals surface area (Å²) in [5, 5.41) is 9.79. The highest BCUT2D eigenvalue weighted by atomic mass is 16.4. The number of aliphatic carboxylic acids is 1. The zero-order valence-corrected chi connectivity index (χ0v) is 4.66. The van der Waals surface area contributed by atoms with Gasteiger partial charge in [-0.2, -0.15) is 0 Å². The highest BCUT2D eigenvalue weighted by Crippen LogP contribution is 1.82. The minimum atomic E-state index is -1.46. The minimum absolute atomic E-state index is 0.373. The normalized spacial score (nSPS) is 12.6. The fourth-order valence-corrected chi connectivity index (χ4v) is 0.300. The van der Waals surface area contributed by atoms with Crippen molar-refractivity contribution in [3.63, 3.8) is 0 Å². The number of nitrogens with two attached hydrogens (primary N) is 2. The van der Waals surface area contributed by atoms with E-state index in [1.54, 1.807) is 0 Å². The number of amides is 1. The molecular formula is C4H7N2O3-. The molecule has 0 aliphatic carbocycles. The minimum Gasteiger partial charge on any atom is -0.548 e. The van der Waals surface area contributed by atoms with E-state index in [2.05, 4.69) is 5.73 Å². The lowest BCUT2D eigenvalue weighted by atomic mass is 10.2. The Hall–Kier alpha value is -1.10. The summed E-state index contributed by atoms with van der Waals surface area (Å²) in [6.45, 7) is 0. The molecule has 0 aliphatic rings. The lowest BCUT2D eigenvalue weighted by molar-refractivity contribution is -0.307. The predicted octanol–water partition coefficient (Wildman–Crippen LogP) is -3.06. The predicted molar refractivity (Wildman–Crippen MR) is 26.8 cm³/mol. The van der Waals surface area contributed by atoms with Crippen molar-refractivity contribution in [3.8, 4) is 0 Å². The van der Waals surface area contributed by atoms with Crippen molar-refractivity contribution < 1.29 is 14.7 Å². The van der Waals surface area contributed by atoms with Crippen molar-refractivity contribution in [2.24, 2.45) is 11.5 Å². The van der Waals surface area contributed by atoms with Crippen molar-refractivity contribution in [1.29, 1.82) is 0 Å². The van der Waals surface area contributed by atoms with Crippen molar-refractivity contribution in [2.75, 3.05) is 0 Å². The maximum Gasteiger partial charge on any atom is 0.219 e. The van der Waals surface area contributed by atoms with Crippen LogP contribution in [0.3, 0.4) is 0 Å². The molecule has 0 saturated carbocycles. The van der Waals surface area contributed by atoms with Gasteiger partial charge in [-0.3, -0.25) is 4.79 Å². The third-order valence-corrected chi connectivity index (χ3v) is 0.724. The molecular weight excluding hydrogens is 124 g/mol. The topological polar surface area (TPSA) is 109 Å². The van der Waals surface area contributed by atoms with Crippen LogP contribution in [0, 0.1) is 0 Å². The zero-order valence-electron chi connectivity index (χ0n) is 4.66. The van der Waals surface area contributed by atoms with Crippen LogP contribution < -0.4 is 16.6 Å². The Balaban J connectivity index is 3.63. The van der Waals surface area contributed by atoms with Gasteiger partial charge in [-0.25, -0.2) is 0 Å². The average Bonchev–Trinajstić information content (AvgIpc) is 1.63. The summed E-state index contributed by atoms with van der Waals surface area (Å²) >= 11 is 0. The van der Waals surface area contributed by atoms with Gasteiger partial charge >= 0.3 is 0 Å². The molecule has 1 amide bonds. The summed E-state index contributed by atoms with van der Waals surface area (Å²) in [4.78, 5) is 19.8. The molecule has 9 heavy (non-hydrogen) atoms. The second kappa shape index (κ2) is 3.03. The highest BCUT2D eigenvalue weighted by Gasteiger charge is 2.05. The van der Waals surface area contributed by atoms with Crippen LogP contribution in [0.1, 0.15) is 6.42 Å². The quantitative estimate of drug-likeness (QED) is 0.423. The Morgan fingerprint density at radius 1 is 1.56 bits per heavy atom. The van der Waals surface area contributed by atoms with E-state index >= 15 is 0 Å². The standard InChI is InChI=1S/C4H8N2O3/c5-2(4(8)9)1-3(6)7/h2H,1,5H2,(H2,6,7)(H,8,9)/p-1/t2-/m0/s1. The zero-order chi connectivity index (χ0) is 7.44. The van der Waals surface area contributed by atoms with Gasteiger partial charge in [-0.1, -0.05) is 0 Å². The van der Waals surface area contributed by atoms with Crippen LogP contribution in [0.4, 0.5) is 0 Å². The monoisotopic (exact) mass is 131 g/mol. The van der Waals surface area contributed by atoms with E-state index in [-0.39, 0.29) is 6.42 Å². The molecule has 5 heteroatoms. The summed E-state index contributed by atoms with van der Waals surface area (Å²) in [5.74, 6) is -2.21. The second-order valence-electron chi connectivity index (χ2n) is 1.60. The van der Waals surface area contributed by atoms with Crippen LogP contribution in [0.2, 0.25) is 0 Å². The molecule has 52 valence electrons. The Kier molecular flexibility index (Phi) is 2.66. The summed E-state index contributed by atoms with van der Waals surface area (Å²) in [7, 11) is 0. The van der Waals surface area contributed by atoms with E-state index in [1.165, 1.54) is 0 Å². The van der Waals surface area contributed by atoms with Gasteiger partial charge in [0.2, 0.25) is 5.91 Å². The molecule has 0 saturated heterocycles. The first-order valence-corrected chi connectivity index (χ1v) is 2.28. The smallest absolute Gasteiger partial charge is 0.219 e. The number of primary amides is 1. The largest absolute Gasteiger partial charge is 0.548 e. The van der Waals surface area contributed by atoms with Crippen molar-refractivity contribution in [3.05, 3.63) is 0 Å². The molecule has 0 aromatic carbocycles. The van der Waals surface area contributed by atoms with Gasteiger partial charge in [0, 0.05) is 6.42 Å². The Labute approximate surface area is 51.6 Å². The molecule has 0 bridgehead atoms. The molecule has 0 unspecified atom stereocenters. The van der Waals surface area contributed by atoms with Gasteiger partial charge in [-0.15, -0.1) is 0 Å². The summed E-state index contributed by atoms with van der Waals surface area (Å²) in [5.41, 5.74) is 9.48. The summed E-state index contributed by atoms with van der Waals surface area (Å²) < 4.78 is 0. The van der Waals surface area contributed by atoms with Crippen molar-refractivity contribution in [1.82, 2.24) is 0 Å². The molecule has 0 fully saturated rings. The van der Waals surface area contributed by atoms with E-state index in [0.717, 1.165) is 0 Å². The molecule has 0 aromatic heterocycles. The SMILES string of the molecule is NC(=O)C[C@H](N)C(=O)[O-]. The first-order valence-electron chi connectivity index (χ1n) is 2.28. The number of hydrogen-bond donors (Lipinski definition) is 2. The van der Waals surface area contributed by atoms with Gasteiger partial charge in [0.25, 0.3) is 0 Å². The molecule has 0 radical (unpaired) electrons. The van der Waals surface area contributed by atoms with Gasteiger partial charge in [0.05, 0.1) is 12.0 Å². The Morgan fingerprint density at radius 2 is 2.00 bits per heavy atom. The Morgan fingerprint density at radius 3 is 2.11 bits per heavy atom. The van der Waals surface area contributed by atoms with Gasteiger partial charge in [-0.05, 0) is 0 Å². The molecule has 1 atom stereocenters. The maximum absolute atomic E-state index is 9.97. The number of carboxylic acid groups (broad SMARTS) is 1.